The Bertz CT molecular complexity index is 1410. The average molecular weight is 701 g/mol. The molecule has 0 bridgehead atoms. The number of hydrogen-bond acceptors (Lipinski definition) is 10. The monoisotopic (exact) mass is 700 g/mol. The highest BCUT2D eigenvalue weighted by molar-refractivity contribution is 7.80. The van der Waals surface area contributed by atoms with E-state index in [1.807, 2.05) is 36.0 Å². The molecule has 0 spiro atoms. The van der Waals surface area contributed by atoms with Crippen LogP contribution in [-0.4, -0.2) is 99.5 Å². The first-order chi connectivity index (χ1) is 23.1. The molecule has 14 heteroatoms. The lowest BCUT2D eigenvalue weighted by atomic mass is 10.0. The summed E-state index contributed by atoms with van der Waals surface area (Å²) in [4.78, 5) is 4.05. The van der Waals surface area contributed by atoms with Gasteiger partial charge in [0.2, 0.25) is 25.1 Å². The molecule has 2 atom stereocenters. The molecule has 2 aromatic rings. The third-order valence-electron chi connectivity index (χ3n) is 8.43. The second kappa shape index (κ2) is 17.4. The minimum atomic E-state index is 0.118. The summed E-state index contributed by atoms with van der Waals surface area (Å²) in [6, 6.07) is 4.51. The molecule has 2 aliphatic rings. The Morgan fingerprint density at radius 2 is 1.17 bits per heavy atom. The number of ether oxygens (including phenoxy) is 6. The van der Waals surface area contributed by atoms with E-state index in [-0.39, 0.29) is 13.6 Å². The summed E-state index contributed by atoms with van der Waals surface area (Å²) in [6.45, 7) is 10.0. The zero-order valence-corrected chi connectivity index (χ0v) is 30.8. The van der Waals surface area contributed by atoms with Crippen LogP contribution in [0, 0.1) is 0 Å². The molecular formula is C34H48N6O6S2. The summed E-state index contributed by atoms with van der Waals surface area (Å²) >= 11 is 11.2. The van der Waals surface area contributed by atoms with Gasteiger partial charge in [-0.05, 0) is 87.2 Å². The van der Waals surface area contributed by atoms with Crippen LogP contribution < -0.4 is 39.1 Å². The highest BCUT2D eigenvalue weighted by atomic mass is 32.1. The van der Waals surface area contributed by atoms with Crippen molar-refractivity contribution in [3.8, 4) is 34.5 Å². The van der Waals surface area contributed by atoms with E-state index in [1.165, 1.54) is 0 Å². The van der Waals surface area contributed by atoms with Crippen molar-refractivity contribution in [1.82, 2.24) is 20.4 Å². The van der Waals surface area contributed by atoms with Crippen LogP contribution in [0.25, 0.3) is 0 Å². The van der Waals surface area contributed by atoms with Gasteiger partial charge < -0.3 is 48.9 Å². The minimum Gasteiger partial charge on any atom is -0.492 e. The zero-order chi connectivity index (χ0) is 34.8. The fraction of sp³-hybridized carbons (Fsp3) is 0.529. The average Bonchev–Trinajstić information content (AvgIpc) is 3.76. The largest absolute Gasteiger partial charge is 0.492 e. The van der Waals surface area contributed by atoms with Gasteiger partial charge in [0.05, 0.1) is 26.6 Å². The highest BCUT2D eigenvalue weighted by Gasteiger charge is 2.26. The Kier molecular flexibility index (Phi) is 13.3. The molecule has 2 N–H and O–H groups in total. The van der Waals surface area contributed by atoms with Gasteiger partial charge in [-0.25, -0.2) is 0 Å². The molecule has 12 nitrogen and oxygen atoms in total. The molecular weight excluding hydrogens is 653 g/mol. The molecule has 2 aliphatic heterocycles. The van der Waals surface area contributed by atoms with Gasteiger partial charge in [0.25, 0.3) is 0 Å². The fourth-order valence-corrected chi connectivity index (χ4v) is 5.65. The number of methoxy groups -OCH3 is 2. The molecule has 0 fully saturated rings. The maximum absolute atomic E-state index is 5.81. The number of benzene rings is 2. The van der Waals surface area contributed by atoms with E-state index in [9.17, 15) is 0 Å². The molecule has 2 heterocycles. The number of nitrogens with zero attached hydrogens (tertiary/aromatic N) is 4. The molecule has 0 radical (unpaired) electrons. The summed E-state index contributed by atoms with van der Waals surface area (Å²) < 4.78 is 34.5. The van der Waals surface area contributed by atoms with Crippen molar-refractivity contribution in [2.75, 3.05) is 55.0 Å². The summed E-state index contributed by atoms with van der Waals surface area (Å²) in [5, 5.41) is 17.1. The summed E-state index contributed by atoms with van der Waals surface area (Å²) in [7, 11) is 7.15. The van der Waals surface area contributed by atoms with Crippen molar-refractivity contribution in [2.24, 2.45) is 10.2 Å². The molecule has 0 aromatic heterocycles. The van der Waals surface area contributed by atoms with Gasteiger partial charge in [0, 0.05) is 50.4 Å². The second-order valence-corrected chi connectivity index (χ2v) is 12.6. The van der Waals surface area contributed by atoms with E-state index >= 15 is 0 Å². The molecule has 0 unspecified atom stereocenters. The van der Waals surface area contributed by atoms with Crippen molar-refractivity contribution in [3.05, 3.63) is 34.4 Å². The maximum atomic E-state index is 5.81. The molecule has 0 saturated heterocycles. The van der Waals surface area contributed by atoms with E-state index in [2.05, 4.69) is 48.5 Å². The molecule has 262 valence electrons. The van der Waals surface area contributed by atoms with Crippen LogP contribution in [0.1, 0.15) is 62.8 Å². The Morgan fingerprint density at radius 3 is 1.52 bits per heavy atom. The van der Waals surface area contributed by atoms with Crippen LogP contribution >= 0.6 is 24.4 Å². The van der Waals surface area contributed by atoms with Gasteiger partial charge >= 0.3 is 0 Å². The summed E-state index contributed by atoms with van der Waals surface area (Å²) in [5.41, 5.74) is 3.41. The first-order valence-corrected chi connectivity index (χ1v) is 17.0. The van der Waals surface area contributed by atoms with Crippen LogP contribution in [0.4, 0.5) is 0 Å². The number of likely N-dealkylation sites (N-methyl/N-ethyl adjacent to an activating group) is 2. The lowest BCUT2D eigenvalue weighted by molar-refractivity contribution is 0.171. The van der Waals surface area contributed by atoms with Crippen molar-refractivity contribution in [2.45, 2.75) is 65.5 Å². The van der Waals surface area contributed by atoms with E-state index in [0.29, 0.717) is 82.7 Å². The molecule has 0 amide bonds. The molecule has 0 aliphatic carbocycles. The Hall–Kier alpha value is -4.04. The predicted molar refractivity (Wildman–Crippen MR) is 197 cm³/mol. The first kappa shape index (κ1) is 36.8. The molecule has 0 saturated carbocycles. The topological polar surface area (TPSA) is 111 Å². The predicted octanol–water partition coefficient (Wildman–Crippen LogP) is 4.91. The van der Waals surface area contributed by atoms with Crippen molar-refractivity contribution >= 4 is 47.1 Å². The van der Waals surface area contributed by atoms with Crippen molar-refractivity contribution < 1.29 is 28.4 Å². The van der Waals surface area contributed by atoms with E-state index in [0.717, 1.165) is 35.1 Å². The van der Waals surface area contributed by atoms with Gasteiger partial charge in [0.1, 0.15) is 0 Å². The SMILES string of the molecule is CC[C@@H](C)NC(=S)N(C)CCc1cc2c(c(OC)c1/C=N\N=C/c1c(CCN(C)C(=S)N[C@H](C)CC)cc3c(c1OC)OCO3)OCO2. The quantitative estimate of drug-likeness (QED) is 0.150. The summed E-state index contributed by atoms with van der Waals surface area (Å²) in [6.07, 6.45) is 6.61. The van der Waals surface area contributed by atoms with Crippen molar-refractivity contribution in [1.29, 1.82) is 0 Å². The number of hydrogen-bond donors (Lipinski definition) is 2. The van der Waals surface area contributed by atoms with Gasteiger partial charge in [-0.1, -0.05) is 13.8 Å². The smallest absolute Gasteiger partial charge is 0.231 e. The van der Waals surface area contributed by atoms with Gasteiger partial charge in [-0.2, -0.15) is 10.2 Å². The normalized spacial score (nSPS) is 14.2. The standard InChI is InChI=1S/C34H48N6O6S2/c1-9-21(3)37-33(47)39(5)13-11-23-15-27-31(45-19-43-27)29(41-7)25(23)17-35-36-18-26-24(12-14-40(6)34(48)38-22(4)10-2)16-28-32(30(26)42-8)46-20-44-28/h15-18,21-22H,9-14,19-20H2,1-8H3,(H,37,47)(H,38,48)/b35-17-,36-18-/t21-,22-/m1/s1. The zero-order valence-electron chi connectivity index (χ0n) is 29.2. The van der Waals surface area contributed by atoms with E-state index in [4.69, 9.17) is 52.9 Å². The van der Waals surface area contributed by atoms with Gasteiger partial charge in [-0.15, -0.1) is 0 Å². The minimum absolute atomic E-state index is 0.118. The van der Waals surface area contributed by atoms with Crippen LogP contribution in [-0.2, 0) is 12.8 Å². The third kappa shape index (κ3) is 8.90. The number of fused-ring (bicyclic) bond motifs is 2. The summed E-state index contributed by atoms with van der Waals surface area (Å²) in [5.74, 6) is 3.41. The lowest BCUT2D eigenvalue weighted by Gasteiger charge is -2.24. The van der Waals surface area contributed by atoms with Crippen LogP contribution in [0.3, 0.4) is 0 Å². The maximum Gasteiger partial charge on any atom is 0.231 e. The Labute approximate surface area is 294 Å². The van der Waals surface area contributed by atoms with E-state index < -0.39 is 0 Å². The van der Waals surface area contributed by atoms with E-state index in [1.54, 1.807) is 26.6 Å². The number of nitrogens with one attached hydrogen (secondary N) is 2. The van der Waals surface area contributed by atoms with Crippen LogP contribution in [0.15, 0.2) is 22.3 Å². The molecule has 2 aromatic carbocycles. The van der Waals surface area contributed by atoms with Crippen LogP contribution in [0.2, 0.25) is 0 Å². The van der Waals surface area contributed by atoms with Crippen molar-refractivity contribution in [3.63, 3.8) is 0 Å². The molecule has 4 rings (SSSR count). The number of rotatable bonds is 15. The van der Waals surface area contributed by atoms with Crippen LogP contribution in [0.5, 0.6) is 34.5 Å². The van der Waals surface area contributed by atoms with Gasteiger partial charge in [-0.3, -0.25) is 0 Å². The fourth-order valence-electron chi connectivity index (χ4n) is 5.06. The first-order valence-electron chi connectivity index (χ1n) is 16.2. The Morgan fingerprint density at radius 1 is 0.771 bits per heavy atom. The Balaban J connectivity index is 1.60. The lowest BCUT2D eigenvalue weighted by Crippen LogP contribution is -2.42. The molecule has 48 heavy (non-hydrogen) atoms. The third-order valence-corrected chi connectivity index (χ3v) is 9.29. The highest BCUT2D eigenvalue weighted by Crippen LogP contribution is 2.46. The van der Waals surface area contributed by atoms with Gasteiger partial charge in [0.15, 0.2) is 33.2 Å². The second-order valence-electron chi connectivity index (χ2n) is 11.8. The number of thiocarbonyl (C=S) groups is 2.